The molecule has 3 aromatic rings. The standard InChI is InChI=1S/C34H43N7O5/c1-4-6-7-10-21-46-34(44)39-32(35)24-12-15-26(16-13-24)37-23-30-38-27-22-25(14-17-28(27)40(30)3)33(43)41(20-18-31(42)45-5-2)29-11-8-9-19-36-29/h9,12-17,19,22,37H,4-8,10-11,18,20-21,23H2,1-3H3,(H2,35,39,44). The lowest BCUT2D eigenvalue weighted by atomic mass is 10.1. The zero-order valence-corrected chi connectivity index (χ0v) is 26.8. The molecule has 46 heavy (non-hydrogen) atoms. The third-order valence-electron chi connectivity index (χ3n) is 7.57. The lowest BCUT2D eigenvalue weighted by Gasteiger charge is -2.25. The minimum absolute atomic E-state index is 0.0303. The number of allylic oxidation sites excluding steroid dienone is 1. The first-order valence-corrected chi connectivity index (χ1v) is 15.8. The number of amides is 2. The van der Waals surface area contributed by atoms with Crippen LogP contribution in [-0.4, -0.2) is 63.9 Å². The molecule has 1 aromatic heterocycles. The summed E-state index contributed by atoms with van der Waals surface area (Å²) in [6.45, 7) is 5.10. The maximum Gasteiger partial charge on any atom is 0.412 e. The van der Waals surface area contributed by atoms with Crippen molar-refractivity contribution in [2.75, 3.05) is 25.1 Å². The highest BCUT2D eigenvalue weighted by molar-refractivity contribution is 6.08. The van der Waals surface area contributed by atoms with E-state index in [4.69, 9.17) is 19.9 Å². The largest absolute Gasteiger partial charge is 0.466 e. The molecule has 244 valence electrons. The Labute approximate surface area is 269 Å². The Morgan fingerprint density at radius 2 is 1.80 bits per heavy atom. The van der Waals surface area contributed by atoms with Crippen molar-refractivity contribution < 1.29 is 23.9 Å². The van der Waals surface area contributed by atoms with Crippen molar-refractivity contribution in [3.05, 3.63) is 71.7 Å². The number of hydrogen-bond donors (Lipinski definition) is 3. The number of esters is 1. The number of rotatable bonds is 14. The number of benzene rings is 2. The van der Waals surface area contributed by atoms with Crippen LogP contribution in [0.1, 0.15) is 80.5 Å². The molecule has 4 rings (SSSR count). The maximum atomic E-state index is 13.7. The summed E-state index contributed by atoms with van der Waals surface area (Å²) in [7, 11) is 1.92. The summed E-state index contributed by atoms with van der Waals surface area (Å²) in [5.41, 5.74) is 3.38. The van der Waals surface area contributed by atoms with Gasteiger partial charge in [-0.15, -0.1) is 0 Å². The number of carbonyl (C=O) groups excluding carboxylic acids is 3. The van der Waals surface area contributed by atoms with Crippen molar-refractivity contribution in [3.8, 4) is 0 Å². The van der Waals surface area contributed by atoms with E-state index in [0.717, 1.165) is 49.1 Å². The van der Waals surface area contributed by atoms with Gasteiger partial charge in [-0.3, -0.25) is 25.2 Å². The minimum atomic E-state index is -0.625. The second-order valence-electron chi connectivity index (χ2n) is 10.9. The Hall–Kier alpha value is -5.00. The van der Waals surface area contributed by atoms with Crippen LogP contribution in [-0.2, 0) is 27.9 Å². The molecule has 0 unspecified atom stereocenters. The van der Waals surface area contributed by atoms with E-state index >= 15 is 0 Å². The number of alkyl carbamates (subject to hydrolysis) is 1. The fourth-order valence-corrected chi connectivity index (χ4v) is 5.02. The SMILES string of the molecule is CCCCCCOC(=O)NC(=N)c1ccc(NCc2nc3cc(C(=O)N(CCC(=O)OCC)C4=NC=CCC4)ccc3n2C)cc1. The lowest BCUT2D eigenvalue weighted by molar-refractivity contribution is -0.143. The topological polar surface area (TPSA) is 151 Å². The number of fused-ring (bicyclic) bond motifs is 1. The predicted octanol–water partition coefficient (Wildman–Crippen LogP) is 5.92. The van der Waals surface area contributed by atoms with Crippen molar-refractivity contribution in [1.29, 1.82) is 5.41 Å². The van der Waals surface area contributed by atoms with Crippen LogP contribution in [0.15, 0.2) is 59.7 Å². The second kappa shape index (κ2) is 16.9. The van der Waals surface area contributed by atoms with E-state index in [1.807, 2.05) is 35.9 Å². The van der Waals surface area contributed by atoms with E-state index in [0.29, 0.717) is 42.1 Å². The fourth-order valence-electron chi connectivity index (χ4n) is 5.02. The van der Waals surface area contributed by atoms with E-state index in [9.17, 15) is 14.4 Å². The van der Waals surface area contributed by atoms with E-state index < -0.39 is 6.09 Å². The van der Waals surface area contributed by atoms with Gasteiger partial charge >= 0.3 is 12.1 Å². The van der Waals surface area contributed by atoms with Gasteiger partial charge in [0.15, 0.2) is 0 Å². The Balaban J connectivity index is 1.38. The lowest BCUT2D eigenvalue weighted by Crippen LogP contribution is -2.39. The first-order chi connectivity index (χ1) is 22.3. The number of carbonyl (C=O) groups is 3. The Morgan fingerprint density at radius 3 is 2.52 bits per heavy atom. The molecule has 0 saturated carbocycles. The first-order valence-electron chi connectivity index (χ1n) is 15.8. The fraction of sp³-hybridized carbons (Fsp3) is 0.412. The number of nitrogens with one attached hydrogen (secondary N) is 3. The van der Waals surface area contributed by atoms with Crippen molar-refractivity contribution in [1.82, 2.24) is 19.8 Å². The number of aliphatic imine (C=N–C) groups is 1. The molecule has 0 bridgehead atoms. The van der Waals surface area contributed by atoms with Crippen LogP contribution < -0.4 is 10.6 Å². The van der Waals surface area contributed by atoms with E-state index in [1.54, 1.807) is 42.3 Å². The van der Waals surface area contributed by atoms with Gasteiger partial charge in [0.2, 0.25) is 0 Å². The molecule has 0 atom stereocenters. The third kappa shape index (κ3) is 9.26. The van der Waals surface area contributed by atoms with Gasteiger partial charge in [-0.25, -0.2) is 14.8 Å². The highest BCUT2D eigenvalue weighted by atomic mass is 16.5. The number of hydrogen-bond acceptors (Lipinski definition) is 9. The Morgan fingerprint density at radius 1 is 1.02 bits per heavy atom. The van der Waals surface area contributed by atoms with Gasteiger partial charge in [0.1, 0.15) is 17.5 Å². The van der Waals surface area contributed by atoms with E-state index in [-0.39, 0.29) is 37.3 Å². The number of aromatic nitrogens is 2. The summed E-state index contributed by atoms with van der Waals surface area (Å²) >= 11 is 0. The number of nitrogens with zero attached hydrogens (tertiary/aromatic N) is 4. The molecule has 12 nitrogen and oxygen atoms in total. The van der Waals surface area contributed by atoms with Crippen molar-refractivity contribution in [3.63, 3.8) is 0 Å². The molecule has 0 saturated heterocycles. The quantitative estimate of drug-likeness (QED) is 0.0867. The molecule has 2 heterocycles. The van der Waals surface area contributed by atoms with Crippen LogP contribution >= 0.6 is 0 Å². The van der Waals surface area contributed by atoms with Gasteiger partial charge in [0.25, 0.3) is 5.91 Å². The highest BCUT2D eigenvalue weighted by Gasteiger charge is 2.23. The normalized spacial score (nSPS) is 12.4. The Kier molecular flexibility index (Phi) is 12.4. The van der Waals surface area contributed by atoms with Crippen molar-refractivity contribution in [2.24, 2.45) is 12.0 Å². The van der Waals surface area contributed by atoms with Crippen LogP contribution in [0.3, 0.4) is 0 Å². The smallest absolute Gasteiger partial charge is 0.412 e. The summed E-state index contributed by atoms with van der Waals surface area (Å²) in [5.74, 6) is 0.754. The number of anilines is 1. The summed E-state index contributed by atoms with van der Waals surface area (Å²) < 4.78 is 12.2. The molecule has 0 spiro atoms. The van der Waals surface area contributed by atoms with Crippen LogP contribution in [0.4, 0.5) is 10.5 Å². The monoisotopic (exact) mass is 629 g/mol. The molecule has 2 amide bonds. The maximum absolute atomic E-state index is 13.7. The number of amidine groups is 2. The minimum Gasteiger partial charge on any atom is -0.466 e. The summed E-state index contributed by atoms with van der Waals surface area (Å²) in [6, 6.07) is 12.6. The molecule has 3 N–H and O–H groups in total. The summed E-state index contributed by atoms with van der Waals surface area (Å²) in [4.78, 5) is 48.4. The van der Waals surface area contributed by atoms with Crippen LogP contribution in [0.5, 0.6) is 0 Å². The second-order valence-corrected chi connectivity index (χ2v) is 10.9. The van der Waals surface area contributed by atoms with Crippen molar-refractivity contribution in [2.45, 2.75) is 65.3 Å². The van der Waals surface area contributed by atoms with Crippen LogP contribution in [0.2, 0.25) is 0 Å². The van der Waals surface area contributed by atoms with Crippen LogP contribution in [0.25, 0.3) is 11.0 Å². The third-order valence-corrected chi connectivity index (χ3v) is 7.57. The summed E-state index contributed by atoms with van der Waals surface area (Å²) in [5, 5.41) is 14.0. The number of imidazole rings is 1. The van der Waals surface area contributed by atoms with Gasteiger partial charge in [0, 0.05) is 43.0 Å². The molecular formula is C34H43N7O5. The average molecular weight is 630 g/mol. The van der Waals surface area contributed by atoms with Crippen molar-refractivity contribution >= 4 is 46.4 Å². The average Bonchev–Trinajstić information content (AvgIpc) is 3.38. The van der Waals surface area contributed by atoms with Gasteiger partial charge in [-0.05, 0) is 62.2 Å². The van der Waals surface area contributed by atoms with E-state index in [2.05, 4.69) is 22.5 Å². The van der Waals surface area contributed by atoms with Gasteiger partial charge in [-0.2, -0.15) is 0 Å². The van der Waals surface area contributed by atoms with Gasteiger partial charge < -0.3 is 19.4 Å². The zero-order chi connectivity index (χ0) is 32.9. The molecule has 12 heteroatoms. The summed E-state index contributed by atoms with van der Waals surface area (Å²) in [6.07, 6.45) is 8.50. The molecular weight excluding hydrogens is 586 g/mol. The van der Waals surface area contributed by atoms with Gasteiger partial charge in [-0.1, -0.05) is 32.3 Å². The number of aryl methyl sites for hydroxylation is 1. The Bertz CT molecular complexity index is 1590. The number of unbranched alkanes of at least 4 members (excludes halogenated alkanes) is 3. The molecule has 0 radical (unpaired) electrons. The molecule has 1 aliphatic heterocycles. The molecule has 0 fully saturated rings. The van der Waals surface area contributed by atoms with E-state index in [1.165, 1.54) is 0 Å². The zero-order valence-electron chi connectivity index (χ0n) is 26.8. The predicted molar refractivity (Wildman–Crippen MR) is 178 cm³/mol. The van der Waals surface area contributed by atoms with Gasteiger partial charge in [0.05, 0.1) is 37.2 Å². The molecule has 1 aliphatic rings. The molecule has 0 aliphatic carbocycles. The highest BCUT2D eigenvalue weighted by Crippen LogP contribution is 2.21. The molecule has 2 aromatic carbocycles. The first kappa shape index (κ1) is 33.9. The van der Waals surface area contributed by atoms with Crippen LogP contribution in [0, 0.1) is 5.41 Å². The number of ether oxygens (including phenoxy) is 2.